The zero-order valence-electron chi connectivity index (χ0n) is 10.8. The van der Waals surface area contributed by atoms with Crippen molar-refractivity contribution in [2.75, 3.05) is 0 Å². The van der Waals surface area contributed by atoms with Gasteiger partial charge in [0.05, 0.1) is 11.1 Å². The van der Waals surface area contributed by atoms with Gasteiger partial charge in [-0.1, -0.05) is 23.2 Å². The minimum atomic E-state index is -0.759. The molecule has 21 heavy (non-hydrogen) atoms. The first-order valence-corrected chi connectivity index (χ1v) is 6.72. The van der Waals surface area contributed by atoms with Crippen molar-refractivity contribution in [3.8, 4) is 0 Å². The lowest BCUT2D eigenvalue weighted by atomic mass is 10.1. The Morgan fingerprint density at radius 2 is 1.95 bits per heavy atom. The van der Waals surface area contributed by atoms with Gasteiger partial charge in [0.2, 0.25) is 0 Å². The minimum Gasteiger partial charge on any atom is -0.344 e. The van der Waals surface area contributed by atoms with E-state index in [0.29, 0.717) is 0 Å². The third-order valence-corrected chi connectivity index (χ3v) is 3.31. The summed E-state index contributed by atoms with van der Waals surface area (Å²) in [4.78, 5) is 15.9. The van der Waals surface area contributed by atoms with Gasteiger partial charge in [-0.05, 0) is 37.3 Å². The van der Waals surface area contributed by atoms with Crippen molar-refractivity contribution in [1.29, 1.82) is 0 Å². The lowest BCUT2D eigenvalue weighted by Crippen LogP contribution is -2.28. The third-order valence-electron chi connectivity index (χ3n) is 2.80. The molecule has 1 unspecified atom stereocenters. The quantitative estimate of drug-likeness (QED) is 0.858. The molecular formula is C14H10Cl2F2N2O. The van der Waals surface area contributed by atoms with E-state index < -0.39 is 23.6 Å². The number of carbonyl (C=O) groups is 1. The lowest BCUT2D eigenvalue weighted by molar-refractivity contribution is 0.0934. The van der Waals surface area contributed by atoms with E-state index in [0.717, 1.165) is 18.2 Å². The fourth-order valence-electron chi connectivity index (χ4n) is 1.77. The van der Waals surface area contributed by atoms with E-state index in [1.807, 2.05) is 0 Å². The second-order valence-corrected chi connectivity index (χ2v) is 5.12. The monoisotopic (exact) mass is 330 g/mol. The van der Waals surface area contributed by atoms with E-state index in [-0.39, 0.29) is 21.4 Å². The average Bonchev–Trinajstić information content (AvgIpc) is 2.43. The molecule has 0 bridgehead atoms. The first-order chi connectivity index (χ1) is 9.88. The van der Waals surface area contributed by atoms with Crippen molar-refractivity contribution in [2.24, 2.45) is 0 Å². The van der Waals surface area contributed by atoms with Crippen molar-refractivity contribution in [1.82, 2.24) is 10.3 Å². The molecular weight excluding hydrogens is 321 g/mol. The van der Waals surface area contributed by atoms with Gasteiger partial charge in [0, 0.05) is 5.56 Å². The van der Waals surface area contributed by atoms with Crippen LogP contribution in [0.15, 0.2) is 30.3 Å². The molecule has 1 amide bonds. The maximum absolute atomic E-state index is 13.6. The Kier molecular flexibility index (Phi) is 4.75. The molecule has 1 heterocycles. The van der Waals surface area contributed by atoms with Gasteiger partial charge in [-0.2, -0.15) is 0 Å². The number of carbonyl (C=O) groups excluding carboxylic acids is 1. The van der Waals surface area contributed by atoms with E-state index in [1.165, 1.54) is 19.1 Å². The molecule has 7 heteroatoms. The van der Waals surface area contributed by atoms with E-state index in [2.05, 4.69) is 10.3 Å². The summed E-state index contributed by atoms with van der Waals surface area (Å²) in [5, 5.41) is 2.72. The molecule has 0 fully saturated rings. The number of nitrogens with one attached hydrogen (secondary N) is 1. The predicted octanol–water partition coefficient (Wildman–Crippen LogP) is 4.16. The Morgan fingerprint density at radius 1 is 1.24 bits per heavy atom. The molecule has 1 N–H and O–H groups in total. The van der Waals surface area contributed by atoms with Gasteiger partial charge in [0.15, 0.2) is 0 Å². The van der Waals surface area contributed by atoms with Crippen molar-refractivity contribution < 1.29 is 13.6 Å². The highest BCUT2D eigenvalue weighted by atomic mass is 35.5. The normalized spacial score (nSPS) is 12.0. The first-order valence-electron chi connectivity index (χ1n) is 5.96. The highest BCUT2D eigenvalue weighted by molar-refractivity contribution is 6.34. The molecule has 1 aromatic heterocycles. The largest absolute Gasteiger partial charge is 0.344 e. The predicted molar refractivity (Wildman–Crippen MR) is 76.5 cm³/mol. The van der Waals surface area contributed by atoms with Crippen LogP contribution in [0.4, 0.5) is 8.78 Å². The Labute approximate surface area is 129 Å². The van der Waals surface area contributed by atoms with Gasteiger partial charge >= 0.3 is 0 Å². The zero-order valence-corrected chi connectivity index (χ0v) is 12.3. The van der Waals surface area contributed by atoms with Crippen LogP contribution in [0.3, 0.4) is 0 Å². The highest BCUT2D eigenvalue weighted by Gasteiger charge is 2.18. The number of benzene rings is 1. The van der Waals surface area contributed by atoms with Crippen molar-refractivity contribution in [3.05, 3.63) is 63.4 Å². The second-order valence-electron chi connectivity index (χ2n) is 4.33. The molecule has 0 aliphatic carbocycles. The molecule has 1 aromatic carbocycles. The van der Waals surface area contributed by atoms with Crippen LogP contribution in [-0.2, 0) is 0 Å². The van der Waals surface area contributed by atoms with Crippen LogP contribution < -0.4 is 5.32 Å². The fourth-order valence-corrected chi connectivity index (χ4v) is 2.11. The summed E-state index contributed by atoms with van der Waals surface area (Å²) >= 11 is 11.6. The Balaban J connectivity index is 2.23. The SMILES string of the molecule is CC(NC(=O)c1nc(Cl)ccc1Cl)c1cc(F)ccc1F. The van der Waals surface area contributed by atoms with Crippen molar-refractivity contribution >= 4 is 29.1 Å². The number of amides is 1. The standard InChI is InChI=1S/C14H10Cl2F2N2O/c1-7(9-6-8(17)2-4-11(9)18)19-14(21)13-10(15)3-5-12(16)20-13/h2-7H,1H3,(H,19,21). The summed E-state index contributed by atoms with van der Waals surface area (Å²) in [6.45, 7) is 1.52. The van der Waals surface area contributed by atoms with E-state index in [4.69, 9.17) is 23.2 Å². The molecule has 0 saturated carbocycles. The number of hydrogen-bond donors (Lipinski definition) is 1. The molecule has 0 aliphatic heterocycles. The second kappa shape index (κ2) is 6.37. The maximum Gasteiger partial charge on any atom is 0.271 e. The van der Waals surface area contributed by atoms with Crippen molar-refractivity contribution in [3.63, 3.8) is 0 Å². The third kappa shape index (κ3) is 3.68. The molecule has 2 rings (SSSR count). The van der Waals surface area contributed by atoms with Gasteiger partial charge in [-0.3, -0.25) is 4.79 Å². The summed E-state index contributed by atoms with van der Waals surface area (Å²) in [6.07, 6.45) is 0. The summed E-state index contributed by atoms with van der Waals surface area (Å²) in [6, 6.07) is 5.13. The summed E-state index contributed by atoms with van der Waals surface area (Å²) in [7, 11) is 0. The molecule has 0 radical (unpaired) electrons. The van der Waals surface area contributed by atoms with Crippen LogP contribution in [0.2, 0.25) is 10.2 Å². The number of hydrogen-bond acceptors (Lipinski definition) is 2. The highest BCUT2D eigenvalue weighted by Crippen LogP contribution is 2.21. The van der Waals surface area contributed by atoms with Gasteiger partial charge in [-0.25, -0.2) is 13.8 Å². The first kappa shape index (κ1) is 15.7. The molecule has 1 atom stereocenters. The minimum absolute atomic E-state index is 0.0292. The molecule has 110 valence electrons. The van der Waals surface area contributed by atoms with Crippen LogP contribution in [0.5, 0.6) is 0 Å². The van der Waals surface area contributed by atoms with E-state index in [9.17, 15) is 13.6 Å². The zero-order chi connectivity index (χ0) is 15.6. The molecule has 2 aromatic rings. The maximum atomic E-state index is 13.6. The Morgan fingerprint density at radius 3 is 2.67 bits per heavy atom. The van der Waals surface area contributed by atoms with Gasteiger partial charge in [-0.15, -0.1) is 0 Å². The summed E-state index contributed by atoms with van der Waals surface area (Å²) in [5.41, 5.74) is -0.0469. The van der Waals surface area contributed by atoms with Gasteiger partial charge in [0.1, 0.15) is 22.5 Å². The molecule has 0 aliphatic rings. The van der Waals surface area contributed by atoms with Crippen molar-refractivity contribution in [2.45, 2.75) is 13.0 Å². The van der Waals surface area contributed by atoms with Gasteiger partial charge < -0.3 is 5.32 Å². The van der Waals surface area contributed by atoms with Crippen LogP contribution in [0.1, 0.15) is 29.0 Å². The van der Waals surface area contributed by atoms with Gasteiger partial charge in [0.25, 0.3) is 5.91 Å². The Hall–Kier alpha value is -1.72. The average molecular weight is 331 g/mol. The van der Waals surface area contributed by atoms with E-state index in [1.54, 1.807) is 0 Å². The van der Waals surface area contributed by atoms with Crippen LogP contribution in [-0.4, -0.2) is 10.9 Å². The number of rotatable bonds is 3. The number of nitrogens with zero attached hydrogens (tertiary/aromatic N) is 1. The molecule has 0 saturated heterocycles. The number of halogens is 4. The number of aromatic nitrogens is 1. The number of pyridine rings is 1. The topological polar surface area (TPSA) is 42.0 Å². The van der Waals surface area contributed by atoms with Crippen LogP contribution >= 0.6 is 23.2 Å². The summed E-state index contributed by atoms with van der Waals surface area (Å²) in [5.74, 6) is -1.83. The fraction of sp³-hybridized carbons (Fsp3) is 0.143. The molecule has 0 spiro atoms. The van der Waals surface area contributed by atoms with Crippen LogP contribution in [0, 0.1) is 11.6 Å². The lowest BCUT2D eigenvalue weighted by Gasteiger charge is -2.15. The molecule has 3 nitrogen and oxygen atoms in total. The summed E-state index contributed by atoms with van der Waals surface area (Å²) < 4.78 is 26.8. The van der Waals surface area contributed by atoms with Crippen LogP contribution in [0.25, 0.3) is 0 Å². The Bertz CT molecular complexity index is 695. The smallest absolute Gasteiger partial charge is 0.271 e. The van der Waals surface area contributed by atoms with E-state index >= 15 is 0 Å².